The standard InChI is InChI=1S/C16H27FN2/c1-6-16(3,11-18-4)12-19(5)13(2)14-9-7-8-10-15(14)17/h7-10,13,18H,6,11-12H2,1-5H3. The molecule has 2 atom stereocenters. The van der Waals surface area contributed by atoms with Gasteiger partial charge in [-0.2, -0.15) is 0 Å². The summed E-state index contributed by atoms with van der Waals surface area (Å²) in [7, 11) is 4.05. The number of nitrogens with one attached hydrogen (secondary N) is 1. The molecule has 1 aromatic rings. The minimum Gasteiger partial charge on any atom is -0.319 e. The molecule has 1 rings (SSSR count). The third-order valence-corrected chi connectivity index (χ3v) is 4.10. The first-order valence-corrected chi connectivity index (χ1v) is 7.03. The van der Waals surface area contributed by atoms with Crippen LogP contribution >= 0.6 is 0 Å². The van der Waals surface area contributed by atoms with E-state index in [4.69, 9.17) is 0 Å². The molecule has 0 aliphatic rings. The molecular formula is C16H27FN2. The second kappa shape index (κ2) is 7.01. The summed E-state index contributed by atoms with van der Waals surface area (Å²) in [6, 6.07) is 7.13. The molecule has 0 amide bonds. The van der Waals surface area contributed by atoms with Gasteiger partial charge in [0.05, 0.1) is 0 Å². The van der Waals surface area contributed by atoms with Gasteiger partial charge in [-0.15, -0.1) is 0 Å². The van der Waals surface area contributed by atoms with Crippen LogP contribution in [0.5, 0.6) is 0 Å². The van der Waals surface area contributed by atoms with E-state index in [1.54, 1.807) is 6.07 Å². The Morgan fingerprint density at radius 3 is 2.53 bits per heavy atom. The molecule has 0 fully saturated rings. The zero-order valence-corrected chi connectivity index (χ0v) is 12.8. The largest absolute Gasteiger partial charge is 0.319 e. The maximum Gasteiger partial charge on any atom is 0.127 e. The van der Waals surface area contributed by atoms with Gasteiger partial charge in [0.15, 0.2) is 0 Å². The fourth-order valence-corrected chi connectivity index (χ4v) is 2.51. The molecule has 0 spiro atoms. The van der Waals surface area contributed by atoms with Crippen LogP contribution in [0.25, 0.3) is 0 Å². The average molecular weight is 266 g/mol. The van der Waals surface area contributed by atoms with Gasteiger partial charge >= 0.3 is 0 Å². The van der Waals surface area contributed by atoms with Crippen molar-refractivity contribution in [3.05, 3.63) is 35.6 Å². The summed E-state index contributed by atoms with van der Waals surface area (Å²) in [5.41, 5.74) is 0.983. The highest BCUT2D eigenvalue weighted by Gasteiger charge is 2.26. The summed E-state index contributed by atoms with van der Waals surface area (Å²) in [6.45, 7) is 8.46. The molecule has 1 aromatic carbocycles. The molecular weight excluding hydrogens is 239 g/mol. The number of benzene rings is 1. The summed E-state index contributed by atoms with van der Waals surface area (Å²) in [5.74, 6) is -0.117. The molecule has 0 bridgehead atoms. The number of hydrogen-bond donors (Lipinski definition) is 1. The van der Waals surface area contributed by atoms with E-state index >= 15 is 0 Å². The Labute approximate surface area is 117 Å². The second-order valence-corrected chi connectivity index (χ2v) is 5.81. The normalized spacial score (nSPS) is 16.4. The number of halogens is 1. The van der Waals surface area contributed by atoms with Crippen LogP contribution in [0.4, 0.5) is 4.39 Å². The van der Waals surface area contributed by atoms with Gasteiger partial charge in [-0.1, -0.05) is 32.0 Å². The Balaban J connectivity index is 2.77. The van der Waals surface area contributed by atoms with Gasteiger partial charge in [-0.3, -0.25) is 4.90 Å². The van der Waals surface area contributed by atoms with Crippen molar-refractivity contribution in [1.29, 1.82) is 0 Å². The summed E-state index contributed by atoms with van der Waals surface area (Å²) < 4.78 is 13.8. The van der Waals surface area contributed by atoms with Gasteiger partial charge in [0.2, 0.25) is 0 Å². The Hall–Kier alpha value is -0.930. The lowest BCUT2D eigenvalue weighted by molar-refractivity contribution is 0.148. The Bertz CT molecular complexity index is 394. The number of nitrogens with zero attached hydrogens (tertiary/aromatic N) is 1. The molecule has 2 unspecified atom stereocenters. The van der Waals surface area contributed by atoms with Crippen molar-refractivity contribution >= 4 is 0 Å². The van der Waals surface area contributed by atoms with Gasteiger partial charge < -0.3 is 5.32 Å². The fraction of sp³-hybridized carbons (Fsp3) is 0.625. The van der Waals surface area contributed by atoms with E-state index in [0.717, 1.165) is 25.1 Å². The highest BCUT2D eigenvalue weighted by Crippen LogP contribution is 2.27. The van der Waals surface area contributed by atoms with Crippen molar-refractivity contribution < 1.29 is 4.39 Å². The predicted octanol–water partition coefficient (Wildman–Crippen LogP) is 3.45. The first kappa shape index (κ1) is 16.1. The van der Waals surface area contributed by atoms with Crippen LogP contribution in [0.3, 0.4) is 0 Å². The van der Waals surface area contributed by atoms with Crippen LogP contribution in [0.2, 0.25) is 0 Å². The number of rotatable bonds is 7. The van der Waals surface area contributed by atoms with E-state index in [9.17, 15) is 4.39 Å². The number of hydrogen-bond acceptors (Lipinski definition) is 2. The SMILES string of the molecule is CCC(C)(CNC)CN(C)C(C)c1ccccc1F. The van der Waals surface area contributed by atoms with Crippen molar-refractivity contribution in [2.75, 3.05) is 27.2 Å². The third-order valence-electron chi connectivity index (χ3n) is 4.10. The molecule has 19 heavy (non-hydrogen) atoms. The first-order valence-electron chi connectivity index (χ1n) is 7.03. The van der Waals surface area contributed by atoms with E-state index in [-0.39, 0.29) is 17.3 Å². The summed E-state index contributed by atoms with van der Waals surface area (Å²) in [6.07, 6.45) is 1.10. The van der Waals surface area contributed by atoms with Gasteiger partial charge in [0.1, 0.15) is 5.82 Å². The van der Waals surface area contributed by atoms with Crippen molar-refractivity contribution in [3.63, 3.8) is 0 Å². The molecule has 0 aliphatic heterocycles. The van der Waals surface area contributed by atoms with Gasteiger partial charge in [0.25, 0.3) is 0 Å². The molecule has 0 aromatic heterocycles. The van der Waals surface area contributed by atoms with Gasteiger partial charge in [-0.05, 0) is 38.9 Å². The van der Waals surface area contributed by atoms with Crippen LogP contribution in [-0.4, -0.2) is 32.1 Å². The topological polar surface area (TPSA) is 15.3 Å². The Morgan fingerprint density at radius 1 is 1.37 bits per heavy atom. The fourth-order valence-electron chi connectivity index (χ4n) is 2.51. The third kappa shape index (κ3) is 4.29. The molecule has 0 heterocycles. The van der Waals surface area contributed by atoms with Crippen LogP contribution < -0.4 is 5.32 Å². The van der Waals surface area contributed by atoms with Crippen LogP contribution in [-0.2, 0) is 0 Å². The molecule has 0 aliphatic carbocycles. The summed E-state index contributed by atoms with van der Waals surface area (Å²) >= 11 is 0. The molecule has 0 saturated carbocycles. The molecule has 108 valence electrons. The highest BCUT2D eigenvalue weighted by atomic mass is 19.1. The maximum absolute atomic E-state index is 13.8. The van der Waals surface area contributed by atoms with Crippen molar-refractivity contribution in [1.82, 2.24) is 10.2 Å². The average Bonchev–Trinajstić information content (AvgIpc) is 2.38. The van der Waals surface area contributed by atoms with Crippen LogP contribution in [0.15, 0.2) is 24.3 Å². The van der Waals surface area contributed by atoms with E-state index in [2.05, 4.69) is 38.0 Å². The smallest absolute Gasteiger partial charge is 0.127 e. The first-order chi connectivity index (χ1) is 8.93. The summed E-state index contributed by atoms with van der Waals surface area (Å²) in [4.78, 5) is 2.24. The van der Waals surface area contributed by atoms with E-state index in [1.165, 1.54) is 6.07 Å². The lowest BCUT2D eigenvalue weighted by Gasteiger charge is -2.36. The minimum absolute atomic E-state index is 0.0870. The zero-order chi connectivity index (χ0) is 14.5. The quantitative estimate of drug-likeness (QED) is 0.813. The predicted molar refractivity (Wildman–Crippen MR) is 79.8 cm³/mol. The minimum atomic E-state index is -0.117. The second-order valence-electron chi connectivity index (χ2n) is 5.81. The molecule has 0 radical (unpaired) electrons. The molecule has 0 saturated heterocycles. The van der Waals surface area contributed by atoms with Crippen LogP contribution in [0, 0.1) is 11.2 Å². The maximum atomic E-state index is 13.8. The lowest BCUT2D eigenvalue weighted by atomic mass is 9.86. The van der Waals surface area contributed by atoms with Crippen molar-refractivity contribution in [3.8, 4) is 0 Å². The van der Waals surface area contributed by atoms with Gasteiger partial charge in [0, 0.05) is 24.7 Å². The molecule has 3 heteroatoms. The van der Waals surface area contributed by atoms with Crippen molar-refractivity contribution in [2.24, 2.45) is 5.41 Å². The van der Waals surface area contributed by atoms with Crippen LogP contribution in [0.1, 0.15) is 38.8 Å². The monoisotopic (exact) mass is 266 g/mol. The van der Waals surface area contributed by atoms with E-state index in [0.29, 0.717) is 0 Å². The Morgan fingerprint density at radius 2 is 2.00 bits per heavy atom. The van der Waals surface area contributed by atoms with Crippen molar-refractivity contribution in [2.45, 2.75) is 33.2 Å². The Kier molecular flexibility index (Phi) is 5.95. The molecule has 1 N–H and O–H groups in total. The summed E-state index contributed by atoms with van der Waals surface area (Å²) in [5, 5.41) is 3.25. The highest BCUT2D eigenvalue weighted by molar-refractivity contribution is 5.20. The van der Waals surface area contributed by atoms with E-state index in [1.807, 2.05) is 19.2 Å². The lowest BCUT2D eigenvalue weighted by Crippen LogP contribution is -2.40. The van der Waals surface area contributed by atoms with E-state index < -0.39 is 0 Å². The molecule has 2 nitrogen and oxygen atoms in total. The zero-order valence-electron chi connectivity index (χ0n) is 12.8. The van der Waals surface area contributed by atoms with Gasteiger partial charge in [-0.25, -0.2) is 4.39 Å².